The number of nitriles is 1. The first-order valence-corrected chi connectivity index (χ1v) is 9.06. The van der Waals surface area contributed by atoms with Gasteiger partial charge in [-0.1, -0.05) is 35.0 Å². The lowest BCUT2D eigenvalue weighted by molar-refractivity contribution is 0.684. The molecule has 1 aromatic heterocycles. The average molecular weight is 373 g/mol. The molecule has 0 aliphatic heterocycles. The highest BCUT2D eigenvalue weighted by Crippen LogP contribution is 2.25. The Morgan fingerprint density at radius 2 is 2.18 bits per heavy atom. The molecule has 0 saturated heterocycles. The van der Waals surface area contributed by atoms with Gasteiger partial charge in [-0.05, 0) is 18.2 Å². The number of nitrogens with zero attached hydrogens (tertiary/aromatic N) is 3. The van der Waals surface area contributed by atoms with E-state index in [1.54, 1.807) is 18.2 Å². The van der Waals surface area contributed by atoms with E-state index in [2.05, 4.69) is 9.97 Å². The van der Waals surface area contributed by atoms with Crippen molar-refractivity contribution >= 4 is 51.6 Å². The number of rotatable bonds is 5. The molecular formula is C13H10Cl2N4OS2. The minimum Gasteiger partial charge on any atom is -0.382 e. The fourth-order valence-corrected chi connectivity index (χ4v) is 4.29. The van der Waals surface area contributed by atoms with Gasteiger partial charge < -0.3 is 5.73 Å². The van der Waals surface area contributed by atoms with E-state index in [0.717, 1.165) is 0 Å². The van der Waals surface area contributed by atoms with Crippen LogP contribution >= 0.6 is 35.0 Å². The quantitative estimate of drug-likeness (QED) is 0.639. The van der Waals surface area contributed by atoms with Gasteiger partial charge in [-0.2, -0.15) is 5.26 Å². The largest absolute Gasteiger partial charge is 0.382 e. The minimum atomic E-state index is -1.27. The molecule has 0 amide bonds. The van der Waals surface area contributed by atoms with Crippen LogP contribution in [0.25, 0.3) is 0 Å². The summed E-state index contributed by atoms with van der Waals surface area (Å²) in [5.74, 6) is 1.02. The van der Waals surface area contributed by atoms with Crippen LogP contribution in [-0.4, -0.2) is 25.7 Å². The average Bonchev–Trinajstić information content (AvgIpc) is 2.49. The van der Waals surface area contributed by atoms with Crippen LogP contribution < -0.4 is 5.73 Å². The molecule has 0 aliphatic carbocycles. The molecule has 2 N–H and O–H groups in total. The van der Waals surface area contributed by atoms with Gasteiger partial charge in [-0.15, -0.1) is 0 Å². The molecule has 1 aromatic carbocycles. The molecule has 9 heteroatoms. The molecule has 22 heavy (non-hydrogen) atoms. The second-order valence-electron chi connectivity index (χ2n) is 4.04. The van der Waals surface area contributed by atoms with Crippen molar-refractivity contribution in [2.24, 2.45) is 0 Å². The number of halogens is 2. The Hall–Kier alpha value is -1.33. The molecule has 0 fully saturated rings. The van der Waals surface area contributed by atoms with Gasteiger partial charge in [0.2, 0.25) is 0 Å². The topological polar surface area (TPSA) is 92.7 Å². The monoisotopic (exact) mass is 372 g/mol. The molecule has 1 atom stereocenters. The predicted octanol–water partition coefficient (Wildman–Crippen LogP) is 3.14. The number of nitrogen functional groups attached to an aromatic ring is 1. The van der Waals surface area contributed by atoms with Crippen LogP contribution in [0.15, 0.2) is 34.4 Å². The number of thioether (sulfide) groups is 1. The zero-order chi connectivity index (χ0) is 16.1. The second kappa shape index (κ2) is 7.79. The highest BCUT2D eigenvalue weighted by Gasteiger charge is 2.11. The standard InChI is InChI=1S/C13H10Cl2N4OS2/c14-9-1-2-10(15)11(5-9)22(20)4-3-21-13-18-7-8(6-16)12(17)19-13/h1-2,5,7H,3-4H2,(H2,17,18,19)/t22-/m1/s1. The van der Waals surface area contributed by atoms with E-state index < -0.39 is 10.8 Å². The first-order chi connectivity index (χ1) is 10.5. The van der Waals surface area contributed by atoms with E-state index in [1.165, 1.54) is 18.0 Å². The van der Waals surface area contributed by atoms with Crippen molar-refractivity contribution in [1.82, 2.24) is 9.97 Å². The van der Waals surface area contributed by atoms with Gasteiger partial charge in [0.15, 0.2) is 5.16 Å². The number of hydrogen-bond donors (Lipinski definition) is 1. The van der Waals surface area contributed by atoms with Gasteiger partial charge in [0.25, 0.3) is 0 Å². The Balaban J connectivity index is 1.96. The third-order valence-electron chi connectivity index (χ3n) is 2.56. The fraction of sp³-hybridized carbons (Fsp3) is 0.154. The van der Waals surface area contributed by atoms with Gasteiger partial charge in [0, 0.05) is 16.5 Å². The SMILES string of the molecule is N#Cc1cnc(SCC[S@@](=O)c2cc(Cl)ccc2Cl)nc1N. The van der Waals surface area contributed by atoms with Gasteiger partial charge in [-0.3, -0.25) is 4.21 Å². The summed E-state index contributed by atoms with van der Waals surface area (Å²) in [5.41, 5.74) is 5.85. The zero-order valence-electron chi connectivity index (χ0n) is 11.1. The third-order valence-corrected chi connectivity index (χ3v) is 5.76. The molecule has 0 unspecified atom stereocenters. The van der Waals surface area contributed by atoms with Crippen LogP contribution in [0.4, 0.5) is 5.82 Å². The second-order valence-corrected chi connectivity index (χ2v) is 7.48. The van der Waals surface area contributed by atoms with Crippen LogP contribution in [0.5, 0.6) is 0 Å². The molecule has 1 heterocycles. The summed E-state index contributed by atoms with van der Waals surface area (Å²) in [6.45, 7) is 0. The number of hydrogen-bond acceptors (Lipinski definition) is 6. The highest BCUT2D eigenvalue weighted by atomic mass is 35.5. The summed E-state index contributed by atoms with van der Waals surface area (Å²) in [6, 6.07) is 6.76. The lowest BCUT2D eigenvalue weighted by atomic mass is 10.3. The van der Waals surface area contributed by atoms with E-state index in [-0.39, 0.29) is 11.4 Å². The molecular weight excluding hydrogens is 363 g/mol. The summed E-state index contributed by atoms with van der Waals surface area (Å²) in [5, 5.41) is 10.1. The maximum absolute atomic E-state index is 12.2. The lowest BCUT2D eigenvalue weighted by Gasteiger charge is -2.05. The molecule has 0 aliphatic rings. The van der Waals surface area contributed by atoms with Crippen LogP contribution in [-0.2, 0) is 10.8 Å². The van der Waals surface area contributed by atoms with Crippen LogP contribution in [0.1, 0.15) is 5.56 Å². The minimum absolute atomic E-state index is 0.138. The zero-order valence-corrected chi connectivity index (χ0v) is 14.3. The molecule has 114 valence electrons. The van der Waals surface area contributed by atoms with Crippen LogP contribution in [0, 0.1) is 11.3 Å². The third kappa shape index (κ3) is 4.34. The molecule has 0 saturated carbocycles. The number of anilines is 1. The van der Waals surface area contributed by atoms with E-state index in [1.807, 2.05) is 6.07 Å². The molecule has 2 aromatic rings. The summed E-state index contributed by atoms with van der Waals surface area (Å²) >= 11 is 13.2. The first kappa shape index (κ1) is 17.0. The van der Waals surface area contributed by atoms with Crippen LogP contribution in [0.2, 0.25) is 10.0 Å². The van der Waals surface area contributed by atoms with Crippen molar-refractivity contribution in [1.29, 1.82) is 5.26 Å². The van der Waals surface area contributed by atoms with Crippen molar-refractivity contribution < 1.29 is 4.21 Å². The van der Waals surface area contributed by atoms with E-state index in [9.17, 15) is 4.21 Å². The Bertz CT molecular complexity index is 764. The molecule has 2 rings (SSSR count). The van der Waals surface area contributed by atoms with Crippen molar-refractivity contribution in [3.05, 3.63) is 40.0 Å². The van der Waals surface area contributed by atoms with E-state index in [4.69, 9.17) is 34.2 Å². The Morgan fingerprint density at radius 1 is 1.41 bits per heavy atom. The smallest absolute Gasteiger partial charge is 0.189 e. The van der Waals surface area contributed by atoms with Gasteiger partial charge >= 0.3 is 0 Å². The summed E-state index contributed by atoms with van der Waals surface area (Å²) < 4.78 is 12.2. The van der Waals surface area contributed by atoms with Gasteiger partial charge in [0.1, 0.15) is 17.5 Å². The Morgan fingerprint density at radius 3 is 2.86 bits per heavy atom. The van der Waals surface area contributed by atoms with E-state index >= 15 is 0 Å². The van der Waals surface area contributed by atoms with Crippen LogP contribution in [0.3, 0.4) is 0 Å². The van der Waals surface area contributed by atoms with Crippen molar-refractivity contribution in [3.8, 4) is 6.07 Å². The van der Waals surface area contributed by atoms with Crippen molar-refractivity contribution in [3.63, 3.8) is 0 Å². The lowest BCUT2D eigenvalue weighted by Crippen LogP contribution is -2.03. The van der Waals surface area contributed by atoms with E-state index in [0.29, 0.717) is 31.6 Å². The van der Waals surface area contributed by atoms with Gasteiger partial charge in [0.05, 0.1) is 26.9 Å². The number of nitrogens with two attached hydrogens (primary N) is 1. The Labute approximate surface area is 144 Å². The molecule has 0 radical (unpaired) electrons. The maximum atomic E-state index is 12.2. The summed E-state index contributed by atoms with van der Waals surface area (Å²) in [4.78, 5) is 8.53. The predicted molar refractivity (Wildman–Crippen MR) is 89.6 cm³/mol. The Kier molecular flexibility index (Phi) is 6.03. The van der Waals surface area contributed by atoms with Gasteiger partial charge in [-0.25, -0.2) is 9.97 Å². The summed E-state index contributed by atoms with van der Waals surface area (Å²) in [7, 11) is -1.27. The first-order valence-electron chi connectivity index (χ1n) is 6.00. The van der Waals surface area contributed by atoms with Crippen molar-refractivity contribution in [2.75, 3.05) is 17.2 Å². The normalized spacial score (nSPS) is 11.9. The molecule has 0 spiro atoms. The fourth-order valence-electron chi connectivity index (χ4n) is 1.50. The maximum Gasteiger partial charge on any atom is 0.189 e. The molecule has 5 nitrogen and oxygen atoms in total. The highest BCUT2D eigenvalue weighted by molar-refractivity contribution is 8.00. The summed E-state index contributed by atoms with van der Waals surface area (Å²) in [6.07, 6.45) is 1.37. The van der Waals surface area contributed by atoms with Crippen molar-refractivity contribution in [2.45, 2.75) is 10.1 Å². The number of benzene rings is 1. The number of aromatic nitrogens is 2. The molecule has 0 bridgehead atoms.